The SMILES string of the molecule is CNC(C)Cc1cccc(O)c1OC. The van der Waals surface area contributed by atoms with Gasteiger partial charge in [-0.25, -0.2) is 0 Å². The van der Waals surface area contributed by atoms with Crippen LogP contribution in [-0.4, -0.2) is 25.3 Å². The van der Waals surface area contributed by atoms with Crippen LogP contribution < -0.4 is 10.1 Å². The summed E-state index contributed by atoms with van der Waals surface area (Å²) in [6, 6.07) is 5.79. The highest BCUT2D eigenvalue weighted by atomic mass is 16.5. The molecule has 0 saturated heterocycles. The highest BCUT2D eigenvalue weighted by molar-refractivity contribution is 5.45. The first kappa shape index (κ1) is 10.9. The second-order valence-electron chi connectivity index (χ2n) is 3.36. The van der Waals surface area contributed by atoms with Gasteiger partial charge >= 0.3 is 0 Å². The number of hydrogen-bond donors (Lipinski definition) is 2. The Labute approximate surface area is 84.7 Å². The molecule has 1 atom stereocenters. The molecular formula is C11H17NO2. The Morgan fingerprint density at radius 2 is 2.21 bits per heavy atom. The van der Waals surface area contributed by atoms with Gasteiger partial charge in [0.25, 0.3) is 0 Å². The van der Waals surface area contributed by atoms with Gasteiger partial charge < -0.3 is 15.2 Å². The van der Waals surface area contributed by atoms with E-state index in [2.05, 4.69) is 12.2 Å². The van der Waals surface area contributed by atoms with E-state index in [1.54, 1.807) is 13.2 Å². The van der Waals surface area contributed by atoms with Crippen LogP contribution in [0, 0.1) is 0 Å². The number of nitrogens with one attached hydrogen (secondary N) is 1. The Morgan fingerprint density at radius 3 is 2.79 bits per heavy atom. The van der Waals surface area contributed by atoms with E-state index in [0.717, 1.165) is 12.0 Å². The van der Waals surface area contributed by atoms with Crippen LogP contribution in [0.2, 0.25) is 0 Å². The highest BCUT2D eigenvalue weighted by Crippen LogP contribution is 2.30. The molecule has 78 valence electrons. The Hall–Kier alpha value is -1.22. The molecule has 1 unspecified atom stereocenters. The minimum Gasteiger partial charge on any atom is -0.504 e. The molecule has 1 aromatic carbocycles. The van der Waals surface area contributed by atoms with Crippen LogP contribution in [0.1, 0.15) is 12.5 Å². The summed E-state index contributed by atoms with van der Waals surface area (Å²) in [7, 11) is 3.49. The lowest BCUT2D eigenvalue weighted by molar-refractivity contribution is 0.367. The number of ether oxygens (including phenoxy) is 1. The van der Waals surface area contributed by atoms with E-state index in [0.29, 0.717) is 11.8 Å². The van der Waals surface area contributed by atoms with Crippen LogP contribution in [0.4, 0.5) is 0 Å². The van der Waals surface area contributed by atoms with Crippen LogP contribution in [0.3, 0.4) is 0 Å². The lowest BCUT2D eigenvalue weighted by atomic mass is 10.1. The van der Waals surface area contributed by atoms with Crippen molar-refractivity contribution >= 4 is 0 Å². The van der Waals surface area contributed by atoms with Gasteiger partial charge in [-0.3, -0.25) is 0 Å². The number of methoxy groups -OCH3 is 1. The van der Waals surface area contributed by atoms with E-state index in [1.165, 1.54) is 0 Å². The molecule has 0 aliphatic carbocycles. The molecule has 0 amide bonds. The van der Waals surface area contributed by atoms with Crippen LogP contribution in [0.25, 0.3) is 0 Å². The molecule has 0 aromatic heterocycles. The van der Waals surface area contributed by atoms with Crippen molar-refractivity contribution in [2.45, 2.75) is 19.4 Å². The zero-order chi connectivity index (χ0) is 10.6. The van der Waals surface area contributed by atoms with E-state index in [-0.39, 0.29) is 5.75 Å². The fourth-order valence-electron chi connectivity index (χ4n) is 1.40. The van der Waals surface area contributed by atoms with E-state index < -0.39 is 0 Å². The van der Waals surface area contributed by atoms with Crippen molar-refractivity contribution in [2.75, 3.05) is 14.2 Å². The quantitative estimate of drug-likeness (QED) is 0.766. The predicted octanol–water partition coefficient (Wildman–Crippen LogP) is 1.55. The number of aromatic hydroxyl groups is 1. The average Bonchev–Trinajstić information content (AvgIpc) is 2.18. The van der Waals surface area contributed by atoms with Crippen LogP contribution >= 0.6 is 0 Å². The fraction of sp³-hybridized carbons (Fsp3) is 0.455. The summed E-state index contributed by atoms with van der Waals surface area (Å²) in [5.41, 5.74) is 1.02. The van der Waals surface area contributed by atoms with Gasteiger partial charge in [-0.2, -0.15) is 0 Å². The fourth-order valence-corrected chi connectivity index (χ4v) is 1.40. The zero-order valence-electron chi connectivity index (χ0n) is 8.87. The summed E-state index contributed by atoms with van der Waals surface area (Å²) in [4.78, 5) is 0. The molecule has 0 radical (unpaired) electrons. The summed E-state index contributed by atoms with van der Waals surface area (Å²) >= 11 is 0. The lowest BCUT2D eigenvalue weighted by Gasteiger charge is -2.13. The first-order valence-corrected chi connectivity index (χ1v) is 4.71. The Morgan fingerprint density at radius 1 is 1.50 bits per heavy atom. The van der Waals surface area contributed by atoms with Gasteiger partial charge in [-0.15, -0.1) is 0 Å². The van der Waals surface area contributed by atoms with Gasteiger partial charge in [-0.1, -0.05) is 12.1 Å². The molecule has 0 aliphatic rings. The highest BCUT2D eigenvalue weighted by Gasteiger charge is 2.09. The molecule has 0 fully saturated rings. The van der Waals surface area contributed by atoms with Gasteiger partial charge in [0.1, 0.15) is 0 Å². The topological polar surface area (TPSA) is 41.5 Å². The smallest absolute Gasteiger partial charge is 0.163 e. The zero-order valence-corrected chi connectivity index (χ0v) is 8.87. The monoisotopic (exact) mass is 195 g/mol. The number of likely N-dealkylation sites (N-methyl/N-ethyl adjacent to an activating group) is 1. The normalized spacial score (nSPS) is 12.5. The van der Waals surface area contributed by atoms with E-state index in [1.807, 2.05) is 19.2 Å². The molecule has 0 heterocycles. The number of phenols is 1. The third-order valence-corrected chi connectivity index (χ3v) is 2.30. The first-order chi connectivity index (χ1) is 6.69. The van der Waals surface area contributed by atoms with Gasteiger partial charge in [0, 0.05) is 6.04 Å². The number of rotatable bonds is 4. The number of benzene rings is 1. The molecule has 0 aliphatic heterocycles. The first-order valence-electron chi connectivity index (χ1n) is 4.71. The Kier molecular flexibility index (Phi) is 3.77. The van der Waals surface area contributed by atoms with Gasteiger partial charge in [-0.05, 0) is 32.0 Å². The third kappa shape index (κ3) is 2.39. The second-order valence-corrected chi connectivity index (χ2v) is 3.36. The summed E-state index contributed by atoms with van der Waals surface area (Å²) in [5.74, 6) is 0.780. The van der Waals surface area contributed by atoms with Crippen molar-refractivity contribution < 1.29 is 9.84 Å². The number of phenolic OH excluding ortho intramolecular Hbond substituents is 1. The molecule has 14 heavy (non-hydrogen) atoms. The molecule has 0 saturated carbocycles. The minimum absolute atomic E-state index is 0.202. The van der Waals surface area contributed by atoms with Crippen molar-refractivity contribution in [3.05, 3.63) is 23.8 Å². The summed E-state index contributed by atoms with van der Waals surface area (Å²) < 4.78 is 5.14. The lowest BCUT2D eigenvalue weighted by Crippen LogP contribution is -2.23. The van der Waals surface area contributed by atoms with Gasteiger partial charge in [0.05, 0.1) is 7.11 Å². The average molecular weight is 195 g/mol. The van der Waals surface area contributed by atoms with Crippen LogP contribution in [0.15, 0.2) is 18.2 Å². The number of para-hydroxylation sites is 1. The minimum atomic E-state index is 0.202. The summed E-state index contributed by atoms with van der Waals surface area (Å²) in [5, 5.41) is 12.7. The van der Waals surface area contributed by atoms with Crippen LogP contribution in [-0.2, 0) is 6.42 Å². The van der Waals surface area contributed by atoms with Gasteiger partial charge in [0.2, 0.25) is 0 Å². The van der Waals surface area contributed by atoms with E-state index >= 15 is 0 Å². The van der Waals surface area contributed by atoms with Crippen molar-refractivity contribution in [3.8, 4) is 11.5 Å². The molecule has 1 aromatic rings. The molecule has 0 spiro atoms. The third-order valence-electron chi connectivity index (χ3n) is 2.30. The summed E-state index contributed by atoms with van der Waals surface area (Å²) in [6.45, 7) is 2.09. The largest absolute Gasteiger partial charge is 0.504 e. The second kappa shape index (κ2) is 4.86. The molecule has 3 heteroatoms. The van der Waals surface area contributed by atoms with E-state index in [9.17, 15) is 5.11 Å². The Balaban J connectivity index is 2.90. The maximum atomic E-state index is 9.53. The van der Waals surface area contributed by atoms with E-state index in [4.69, 9.17) is 4.74 Å². The van der Waals surface area contributed by atoms with Crippen LogP contribution in [0.5, 0.6) is 11.5 Å². The van der Waals surface area contributed by atoms with Crippen molar-refractivity contribution in [2.24, 2.45) is 0 Å². The molecule has 2 N–H and O–H groups in total. The summed E-state index contributed by atoms with van der Waals surface area (Å²) in [6.07, 6.45) is 0.841. The predicted molar refractivity (Wildman–Crippen MR) is 56.9 cm³/mol. The standard InChI is InChI=1S/C11H17NO2/c1-8(12-2)7-9-5-4-6-10(13)11(9)14-3/h4-6,8,12-13H,7H2,1-3H3. The Bertz CT molecular complexity index is 299. The molecule has 3 nitrogen and oxygen atoms in total. The number of hydrogen-bond acceptors (Lipinski definition) is 3. The maximum absolute atomic E-state index is 9.53. The molecule has 0 bridgehead atoms. The van der Waals surface area contributed by atoms with Crippen molar-refractivity contribution in [1.29, 1.82) is 0 Å². The maximum Gasteiger partial charge on any atom is 0.163 e. The van der Waals surface area contributed by atoms with Crippen molar-refractivity contribution in [3.63, 3.8) is 0 Å². The molecule has 1 rings (SSSR count). The van der Waals surface area contributed by atoms with Gasteiger partial charge in [0.15, 0.2) is 11.5 Å². The van der Waals surface area contributed by atoms with Crippen molar-refractivity contribution in [1.82, 2.24) is 5.32 Å². The molecular weight excluding hydrogens is 178 g/mol.